The van der Waals surface area contributed by atoms with Crippen molar-refractivity contribution in [3.8, 4) is 0 Å². The van der Waals surface area contributed by atoms with E-state index in [-0.39, 0.29) is 17.9 Å². The summed E-state index contributed by atoms with van der Waals surface area (Å²) in [6, 6.07) is 1.74. The minimum Gasteiger partial charge on any atom is -0.338 e. The van der Waals surface area contributed by atoms with Crippen LogP contribution in [0.25, 0.3) is 0 Å². The van der Waals surface area contributed by atoms with Gasteiger partial charge in [0, 0.05) is 25.6 Å². The smallest absolute Gasteiger partial charge is 0.246 e. The summed E-state index contributed by atoms with van der Waals surface area (Å²) < 4.78 is 6.96. The topological polar surface area (TPSA) is 89.1 Å². The Morgan fingerprint density at radius 2 is 2.09 bits per heavy atom. The number of hydrogen-bond donors (Lipinski definition) is 1. The van der Waals surface area contributed by atoms with Gasteiger partial charge in [0.2, 0.25) is 17.7 Å². The molecular weight excluding hydrogens is 284 g/mol. The first kappa shape index (κ1) is 16.0. The van der Waals surface area contributed by atoms with Crippen LogP contribution in [0.2, 0.25) is 0 Å². The zero-order valence-electron chi connectivity index (χ0n) is 13.8. The number of carbonyl (C=O) groups is 1. The van der Waals surface area contributed by atoms with Gasteiger partial charge >= 0.3 is 0 Å². The monoisotopic (exact) mass is 306 g/mol. The van der Waals surface area contributed by atoms with E-state index in [2.05, 4.69) is 20.7 Å². The Kier molecular flexibility index (Phi) is 4.20. The van der Waals surface area contributed by atoms with Crippen LogP contribution in [0.5, 0.6) is 0 Å². The standard InChI is InChI=1S/C14H22N6O2/c1-9-16-17-13(20(9)6)19(5)8-11(21)15-12-7-10(18-22-12)14(2,3)4/h7H,8H2,1-6H3,(H,15,21). The van der Waals surface area contributed by atoms with Gasteiger partial charge in [-0.2, -0.15) is 0 Å². The lowest BCUT2D eigenvalue weighted by Gasteiger charge is -2.16. The number of aromatic nitrogens is 4. The number of likely N-dealkylation sites (N-methyl/N-ethyl adjacent to an activating group) is 1. The summed E-state index contributed by atoms with van der Waals surface area (Å²) in [5.41, 5.74) is 0.666. The molecule has 0 radical (unpaired) electrons. The van der Waals surface area contributed by atoms with Crippen LogP contribution in [-0.2, 0) is 17.3 Å². The third-order valence-electron chi connectivity index (χ3n) is 3.33. The normalized spacial score (nSPS) is 11.5. The molecule has 0 fully saturated rings. The Hall–Kier alpha value is -2.38. The average molecular weight is 306 g/mol. The second-order valence-electron chi connectivity index (χ2n) is 6.34. The predicted molar refractivity (Wildman–Crippen MR) is 82.8 cm³/mol. The van der Waals surface area contributed by atoms with Crippen molar-refractivity contribution >= 4 is 17.7 Å². The summed E-state index contributed by atoms with van der Waals surface area (Å²) in [4.78, 5) is 13.8. The number of rotatable bonds is 4. The van der Waals surface area contributed by atoms with Crippen LogP contribution in [0.1, 0.15) is 32.3 Å². The van der Waals surface area contributed by atoms with E-state index in [1.807, 2.05) is 39.3 Å². The molecule has 0 atom stereocenters. The number of nitrogens with zero attached hydrogens (tertiary/aromatic N) is 5. The van der Waals surface area contributed by atoms with E-state index in [0.717, 1.165) is 11.5 Å². The molecule has 0 aliphatic heterocycles. The fraction of sp³-hybridized carbons (Fsp3) is 0.571. The van der Waals surface area contributed by atoms with Crippen LogP contribution < -0.4 is 10.2 Å². The summed E-state index contributed by atoms with van der Waals surface area (Å²) in [6.07, 6.45) is 0. The predicted octanol–water partition coefficient (Wildman–Crippen LogP) is 1.48. The Bertz CT molecular complexity index is 667. The first-order valence-electron chi connectivity index (χ1n) is 7.02. The van der Waals surface area contributed by atoms with Crippen molar-refractivity contribution in [2.24, 2.45) is 7.05 Å². The van der Waals surface area contributed by atoms with Gasteiger partial charge in [0.1, 0.15) is 5.82 Å². The summed E-state index contributed by atoms with van der Waals surface area (Å²) >= 11 is 0. The molecule has 2 aromatic heterocycles. The molecule has 0 spiro atoms. The molecule has 2 rings (SSSR count). The van der Waals surface area contributed by atoms with E-state index >= 15 is 0 Å². The minimum absolute atomic E-state index is 0.126. The zero-order valence-corrected chi connectivity index (χ0v) is 13.8. The maximum Gasteiger partial charge on any atom is 0.246 e. The number of carbonyl (C=O) groups excluding carboxylic acids is 1. The van der Waals surface area contributed by atoms with Crippen LogP contribution in [0, 0.1) is 6.92 Å². The Balaban J connectivity index is 1.98. The Morgan fingerprint density at radius 3 is 2.59 bits per heavy atom. The lowest BCUT2D eigenvalue weighted by Crippen LogP contribution is -2.31. The Labute approximate surface area is 129 Å². The highest BCUT2D eigenvalue weighted by Gasteiger charge is 2.20. The molecule has 0 saturated carbocycles. The molecule has 0 aliphatic carbocycles. The highest BCUT2D eigenvalue weighted by Crippen LogP contribution is 2.23. The van der Waals surface area contributed by atoms with Crippen molar-refractivity contribution in [1.29, 1.82) is 0 Å². The molecule has 2 aromatic rings. The number of aryl methyl sites for hydroxylation is 1. The van der Waals surface area contributed by atoms with Gasteiger partial charge < -0.3 is 14.0 Å². The number of nitrogens with one attached hydrogen (secondary N) is 1. The molecule has 0 saturated heterocycles. The molecule has 0 aliphatic rings. The third kappa shape index (κ3) is 3.44. The fourth-order valence-electron chi connectivity index (χ4n) is 1.88. The van der Waals surface area contributed by atoms with Crippen LogP contribution in [0.15, 0.2) is 10.6 Å². The van der Waals surface area contributed by atoms with E-state index in [1.54, 1.807) is 18.0 Å². The van der Waals surface area contributed by atoms with Crippen molar-refractivity contribution in [2.45, 2.75) is 33.1 Å². The van der Waals surface area contributed by atoms with Crippen LogP contribution >= 0.6 is 0 Å². The van der Waals surface area contributed by atoms with E-state index in [0.29, 0.717) is 11.8 Å². The molecule has 0 bridgehead atoms. The summed E-state index contributed by atoms with van der Waals surface area (Å²) in [5.74, 6) is 1.55. The first-order valence-corrected chi connectivity index (χ1v) is 7.02. The largest absolute Gasteiger partial charge is 0.338 e. The van der Waals surface area contributed by atoms with E-state index in [1.165, 1.54) is 0 Å². The van der Waals surface area contributed by atoms with Gasteiger partial charge in [0.05, 0.1) is 12.2 Å². The number of hydrogen-bond acceptors (Lipinski definition) is 6. The number of amides is 1. The molecular formula is C14H22N6O2. The summed E-state index contributed by atoms with van der Waals surface area (Å²) in [5, 5.41) is 14.7. The van der Waals surface area contributed by atoms with Gasteiger partial charge in [0.15, 0.2) is 0 Å². The van der Waals surface area contributed by atoms with Crippen molar-refractivity contribution < 1.29 is 9.32 Å². The molecule has 120 valence electrons. The Morgan fingerprint density at radius 1 is 1.41 bits per heavy atom. The van der Waals surface area contributed by atoms with Gasteiger partial charge in [-0.1, -0.05) is 25.9 Å². The van der Waals surface area contributed by atoms with Gasteiger partial charge in [-0.3, -0.25) is 10.1 Å². The SMILES string of the molecule is Cc1nnc(N(C)CC(=O)Nc2cc(C(C)(C)C)no2)n1C. The molecule has 0 aromatic carbocycles. The van der Waals surface area contributed by atoms with E-state index in [4.69, 9.17) is 4.52 Å². The van der Waals surface area contributed by atoms with Gasteiger partial charge in [-0.05, 0) is 6.92 Å². The van der Waals surface area contributed by atoms with Crippen LogP contribution in [0.4, 0.5) is 11.8 Å². The zero-order chi connectivity index (χ0) is 16.5. The van der Waals surface area contributed by atoms with E-state index in [9.17, 15) is 4.79 Å². The van der Waals surface area contributed by atoms with E-state index < -0.39 is 0 Å². The number of anilines is 2. The highest BCUT2D eigenvalue weighted by atomic mass is 16.5. The van der Waals surface area contributed by atoms with Crippen LogP contribution in [0.3, 0.4) is 0 Å². The quantitative estimate of drug-likeness (QED) is 0.920. The maximum atomic E-state index is 12.1. The third-order valence-corrected chi connectivity index (χ3v) is 3.33. The lowest BCUT2D eigenvalue weighted by atomic mass is 9.92. The van der Waals surface area contributed by atoms with Crippen molar-refractivity contribution in [3.05, 3.63) is 17.6 Å². The highest BCUT2D eigenvalue weighted by molar-refractivity contribution is 5.92. The average Bonchev–Trinajstić information content (AvgIpc) is 2.97. The second kappa shape index (κ2) is 5.78. The van der Waals surface area contributed by atoms with Crippen molar-refractivity contribution in [3.63, 3.8) is 0 Å². The van der Waals surface area contributed by atoms with Crippen LogP contribution in [-0.4, -0.2) is 39.4 Å². The maximum absolute atomic E-state index is 12.1. The summed E-state index contributed by atoms with van der Waals surface area (Å²) in [6.45, 7) is 8.08. The minimum atomic E-state index is -0.209. The summed E-state index contributed by atoms with van der Waals surface area (Å²) in [7, 11) is 3.63. The fourth-order valence-corrected chi connectivity index (χ4v) is 1.88. The molecule has 1 N–H and O–H groups in total. The lowest BCUT2D eigenvalue weighted by molar-refractivity contribution is -0.115. The van der Waals surface area contributed by atoms with Crippen molar-refractivity contribution in [2.75, 3.05) is 23.8 Å². The molecule has 8 nitrogen and oxygen atoms in total. The van der Waals surface area contributed by atoms with Gasteiger partial charge in [-0.25, -0.2) is 0 Å². The molecule has 0 unspecified atom stereocenters. The first-order chi connectivity index (χ1) is 10.2. The molecule has 22 heavy (non-hydrogen) atoms. The van der Waals surface area contributed by atoms with Crippen molar-refractivity contribution in [1.82, 2.24) is 19.9 Å². The van der Waals surface area contributed by atoms with Gasteiger partial charge in [-0.15, -0.1) is 10.2 Å². The van der Waals surface area contributed by atoms with Gasteiger partial charge in [0.25, 0.3) is 0 Å². The molecule has 8 heteroatoms. The molecule has 1 amide bonds. The second-order valence-corrected chi connectivity index (χ2v) is 6.34. The molecule has 2 heterocycles.